The van der Waals surface area contributed by atoms with E-state index in [1.54, 1.807) is 0 Å². The number of fused-ring (bicyclic) bond motifs is 4. The van der Waals surface area contributed by atoms with Crippen molar-refractivity contribution in [3.63, 3.8) is 0 Å². The zero-order chi connectivity index (χ0) is 23.4. The molecule has 0 amide bonds. The molecule has 0 atom stereocenters. The van der Waals surface area contributed by atoms with Crippen molar-refractivity contribution in [2.45, 2.75) is 0 Å². The van der Waals surface area contributed by atoms with Crippen LogP contribution in [0.5, 0.6) is 23.0 Å². The van der Waals surface area contributed by atoms with Gasteiger partial charge in [0.2, 0.25) is 0 Å². The van der Waals surface area contributed by atoms with Gasteiger partial charge in [-0.05, 0) is 0 Å². The Morgan fingerprint density at radius 1 is 0.486 bits per heavy atom. The van der Waals surface area contributed by atoms with Gasteiger partial charge in [-0.25, -0.2) is 0 Å². The molecule has 37 heavy (non-hydrogen) atoms. The van der Waals surface area contributed by atoms with Crippen molar-refractivity contribution in [1.29, 1.82) is 0 Å². The van der Waals surface area contributed by atoms with Gasteiger partial charge in [0.1, 0.15) is 0 Å². The number of nitrogens with zero attached hydrogens (tertiary/aromatic N) is 1. The topological polar surface area (TPSA) is 53.2 Å². The van der Waals surface area contributed by atoms with E-state index in [9.17, 15) is 0 Å². The summed E-state index contributed by atoms with van der Waals surface area (Å²) in [6.45, 7) is 0. The van der Waals surface area contributed by atoms with Gasteiger partial charge in [-0.2, -0.15) is 0 Å². The molecule has 0 aliphatic carbocycles. The molecule has 175 valence electrons. The van der Waals surface area contributed by atoms with E-state index in [0.717, 1.165) is 28.7 Å². The van der Waals surface area contributed by atoms with Gasteiger partial charge in [0.05, 0.1) is 0 Å². The Bertz CT molecular complexity index is 1800. The van der Waals surface area contributed by atoms with Crippen molar-refractivity contribution < 1.29 is 14.9 Å². The average molecular weight is 539 g/mol. The fourth-order valence-electron chi connectivity index (χ4n) is 6.20. The van der Waals surface area contributed by atoms with Crippen LogP contribution in [-0.4, -0.2) is 19.8 Å². The first-order valence-corrected chi connectivity index (χ1v) is 15.3. The maximum atomic E-state index is 6.66. The molecule has 0 bridgehead atoms. The molecule has 3 heterocycles. The van der Waals surface area contributed by atoms with Gasteiger partial charge in [-0.3, -0.25) is 0 Å². The zero-order valence-corrected chi connectivity index (χ0v) is 21.8. The third-order valence-electron chi connectivity index (χ3n) is 7.61. The van der Waals surface area contributed by atoms with Gasteiger partial charge < -0.3 is 5.48 Å². The molecule has 0 fully saturated rings. The predicted octanol–water partition coefficient (Wildman–Crippen LogP) is 5.68. The molecule has 3 aliphatic heterocycles. The van der Waals surface area contributed by atoms with Crippen LogP contribution in [0.2, 0.25) is 0 Å². The molecule has 5 heteroatoms. The Morgan fingerprint density at radius 2 is 1.00 bits per heavy atom. The molecule has 6 aromatic rings. The molecule has 0 saturated carbocycles. The Hall–Kier alpha value is -4.26. The molecule has 2 N–H and O–H groups in total. The summed E-state index contributed by atoms with van der Waals surface area (Å²) in [5.74, 6) is 3.90. The molecule has 1 radical (unpaired) electrons. The third kappa shape index (κ3) is 2.61. The number of para-hydroxylation sites is 1. The summed E-state index contributed by atoms with van der Waals surface area (Å²) in [6.07, 6.45) is 0. The van der Waals surface area contributed by atoms with E-state index in [-0.39, 0.29) is 5.48 Å². The van der Waals surface area contributed by atoms with Gasteiger partial charge >= 0.3 is 213 Å². The SMILES string of the molecule is O.c1ccc(N2c3[c]4c(cc5ccccc35)Oc3cccc5[c]3[Ge]4[c]3c(cc4ccccc4c32)O5)cc1. The van der Waals surface area contributed by atoms with Crippen LogP contribution in [0.15, 0.2) is 109 Å². The quantitative estimate of drug-likeness (QED) is 0.253. The van der Waals surface area contributed by atoms with E-state index < -0.39 is 14.3 Å². The van der Waals surface area contributed by atoms with Gasteiger partial charge in [0, 0.05) is 0 Å². The number of hydrogen-bond donors (Lipinski definition) is 0. The van der Waals surface area contributed by atoms with Gasteiger partial charge in [0.25, 0.3) is 0 Å². The first-order valence-electron chi connectivity index (χ1n) is 12.2. The number of hydrogen-bond acceptors (Lipinski definition) is 3. The number of anilines is 3. The van der Waals surface area contributed by atoms with E-state index in [4.69, 9.17) is 9.47 Å². The van der Waals surface area contributed by atoms with Gasteiger partial charge in [0.15, 0.2) is 0 Å². The Labute approximate surface area is 217 Å². The first kappa shape index (κ1) is 20.9. The average Bonchev–Trinajstić information content (AvgIpc) is 2.93. The summed E-state index contributed by atoms with van der Waals surface area (Å²) in [7, 11) is 0. The molecule has 0 saturated heterocycles. The summed E-state index contributed by atoms with van der Waals surface area (Å²) in [5, 5.41) is 4.91. The second-order valence-corrected chi connectivity index (χ2v) is 14.2. The van der Waals surface area contributed by atoms with Crippen molar-refractivity contribution in [3.8, 4) is 23.0 Å². The summed E-state index contributed by atoms with van der Waals surface area (Å²) < 4.78 is 17.4. The summed E-state index contributed by atoms with van der Waals surface area (Å²) in [6, 6.07) is 38.9. The molecular formula is C32H20GeNO3. The number of rotatable bonds is 1. The van der Waals surface area contributed by atoms with Crippen molar-refractivity contribution in [2.24, 2.45) is 0 Å². The third-order valence-corrected chi connectivity index (χ3v) is 13.8. The maximum absolute atomic E-state index is 6.66. The Balaban J connectivity index is 0.00000215. The molecule has 4 nitrogen and oxygen atoms in total. The van der Waals surface area contributed by atoms with Crippen molar-refractivity contribution in [1.82, 2.24) is 0 Å². The van der Waals surface area contributed by atoms with E-state index >= 15 is 0 Å². The van der Waals surface area contributed by atoms with E-state index in [2.05, 4.69) is 108 Å². The standard InChI is InChI=1S/C32H18GeNO2.H2O/c1-2-11-21(12-3-1)34-31-22-13-6-4-9-19(22)17-26-29(31)33-28-24(35-26)15-8-16-25(28)36-27-18-20-10-5-7-14-23(20)32(34)30(27)33;/h1-18H;1H2. The first-order chi connectivity index (χ1) is 17.9. The molecular weight excluding hydrogens is 519 g/mol. The predicted molar refractivity (Wildman–Crippen MR) is 151 cm³/mol. The van der Waals surface area contributed by atoms with Crippen LogP contribution in [0.4, 0.5) is 17.1 Å². The monoisotopic (exact) mass is 540 g/mol. The molecule has 6 aromatic carbocycles. The van der Waals surface area contributed by atoms with Crippen LogP contribution in [-0.2, 0) is 0 Å². The second-order valence-electron chi connectivity index (χ2n) is 9.52. The number of ether oxygens (including phenoxy) is 2. The van der Waals surface area contributed by atoms with Gasteiger partial charge in [-0.15, -0.1) is 0 Å². The van der Waals surface area contributed by atoms with Crippen LogP contribution >= 0.6 is 0 Å². The fraction of sp³-hybridized carbons (Fsp3) is 0. The normalized spacial score (nSPS) is 14.0. The van der Waals surface area contributed by atoms with E-state index in [0.29, 0.717) is 0 Å². The van der Waals surface area contributed by atoms with Crippen LogP contribution < -0.4 is 27.6 Å². The molecule has 9 rings (SSSR count). The molecule has 0 spiro atoms. The minimum atomic E-state index is -2.28. The van der Waals surface area contributed by atoms with Crippen LogP contribution in [0.25, 0.3) is 21.5 Å². The van der Waals surface area contributed by atoms with E-state index in [1.165, 1.54) is 46.1 Å². The van der Waals surface area contributed by atoms with E-state index in [1.807, 2.05) is 6.07 Å². The second kappa shape index (κ2) is 7.38. The fourth-order valence-corrected chi connectivity index (χ4v) is 13.0. The van der Waals surface area contributed by atoms with Crippen LogP contribution in [0.1, 0.15) is 0 Å². The van der Waals surface area contributed by atoms with Crippen molar-refractivity contribution in [3.05, 3.63) is 109 Å². The summed E-state index contributed by atoms with van der Waals surface area (Å²) in [5.41, 5.74) is 3.68. The van der Waals surface area contributed by atoms with Crippen molar-refractivity contribution in [2.75, 3.05) is 4.90 Å². The van der Waals surface area contributed by atoms with Crippen molar-refractivity contribution >= 4 is 66.1 Å². The number of benzene rings is 6. The molecule has 3 aliphatic rings. The van der Waals surface area contributed by atoms with Gasteiger partial charge in [-0.1, -0.05) is 0 Å². The Morgan fingerprint density at radius 3 is 1.57 bits per heavy atom. The summed E-state index contributed by atoms with van der Waals surface area (Å²) in [4.78, 5) is 2.48. The summed E-state index contributed by atoms with van der Waals surface area (Å²) >= 11 is -2.28. The Kier molecular flexibility index (Phi) is 4.17. The molecule has 0 unspecified atom stereocenters. The minimum absolute atomic E-state index is 0. The molecule has 0 aromatic heterocycles. The zero-order valence-electron chi connectivity index (χ0n) is 19.7. The van der Waals surface area contributed by atoms with Crippen LogP contribution in [0, 0.1) is 0 Å². The van der Waals surface area contributed by atoms with Crippen LogP contribution in [0.3, 0.4) is 0 Å².